The minimum atomic E-state index is -0.635. The first-order chi connectivity index (χ1) is 9.73. The number of carbonyl (C=O) groups is 2. The van der Waals surface area contributed by atoms with Crippen LogP contribution in [0.15, 0.2) is 12.3 Å². The molecule has 0 spiro atoms. The maximum absolute atomic E-state index is 12.2. The summed E-state index contributed by atoms with van der Waals surface area (Å²) in [6.07, 6.45) is 2.52. The summed E-state index contributed by atoms with van der Waals surface area (Å²) < 4.78 is 5.39. The number of nitrogens with one attached hydrogen (secondary N) is 2. The molecule has 6 nitrogen and oxygen atoms in total. The lowest BCUT2D eigenvalue weighted by Crippen LogP contribution is -2.48. The van der Waals surface area contributed by atoms with Crippen molar-refractivity contribution in [1.82, 2.24) is 15.5 Å². The molecule has 1 amide bonds. The fraction of sp³-hybridized carbons (Fsp3) is 0.667. The third kappa shape index (κ3) is 5.97. The van der Waals surface area contributed by atoms with Gasteiger partial charge in [-0.1, -0.05) is 20.3 Å². The zero-order valence-electron chi connectivity index (χ0n) is 13.4. The molecule has 0 fully saturated rings. The van der Waals surface area contributed by atoms with Crippen LogP contribution in [0.3, 0.4) is 0 Å². The van der Waals surface area contributed by atoms with Gasteiger partial charge in [0.15, 0.2) is 0 Å². The number of nitrogens with zero attached hydrogens (tertiary/aromatic N) is 1. The van der Waals surface area contributed by atoms with Crippen molar-refractivity contribution in [3.63, 3.8) is 0 Å². The Bertz CT molecular complexity index is 463. The molecule has 0 aromatic carbocycles. The van der Waals surface area contributed by atoms with Crippen molar-refractivity contribution < 1.29 is 14.3 Å². The summed E-state index contributed by atoms with van der Waals surface area (Å²) in [4.78, 5) is 24.3. The van der Waals surface area contributed by atoms with E-state index in [4.69, 9.17) is 4.74 Å². The third-order valence-electron chi connectivity index (χ3n) is 3.10. The highest BCUT2D eigenvalue weighted by Crippen LogP contribution is 2.15. The summed E-state index contributed by atoms with van der Waals surface area (Å²) >= 11 is 0. The average molecular weight is 295 g/mol. The van der Waals surface area contributed by atoms with Gasteiger partial charge in [-0.15, -0.1) is 0 Å². The summed E-state index contributed by atoms with van der Waals surface area (Å²) in [6.45, 7) is 9.33. The standard InChI is InChI=1S/C15H25N3O3/c1-6-10(2)13(14(20)21-15(3,4)5)17-12(19)9-11-7-8-16-18-11/h7-8,10,13H,6,9H2,1-5H3,(H,16,18)(H,17,19)/t10-,13-/m0/s1. The molecule has 6 heteroatoms. The SMILES string of the molecule is CC[C@H](C)[C@H](NC(=O)Cc1ccn[nH]1)C(=O)OC(C)(C)C. The van der Waals surface area contributed by atoms with Gasteiger partial charge in [0.25, 0.3) is 0 Å². The molecule has 118 valence electrons. The normalized spacial score (nSPS) is 14.3. The Morgan fingerprint density at radius 1 is 1.43 bits per heavy atom. The van der Waals surface area contributed by atoms with Crippen LogP contribution >= 0.6 is 0 Å². The molecule has 0 radical (unpaired) electrons. The molecular formula is C15H25N3O3. The van der Waals surface area contributed by atoms with Gasteiger partial charge in [0.05, 0.1) is 6.42 Å². The topological polar surface area (TPSA) is 84.1 Å². The lowest BCUT2D eigenvalue weighted by molar-refractivity contribution is -0.160. The molecule has 2 atom stereocenters. The number of rotatable bonds is 6. The number of ether oxygens (including phenoxy) is 1. The van der Waals surface area contributed by atoms with Gasteiger partial charge in [0, 0.05) is 11.9 Å². The van der Waals surface area contributed by atoms with Crippen molar-refractivity contribution in [2.24, 2.45) is 5.92 Å². The molecule has 21 heavy (non-hydrogen) atoms. The predicted molar refractivity (Wildman–Crippen MR) is 79.5 cm³/mol. The lowest BCUT2D eigenvalue weighted by atomic mass is 9.98. The van der Waals surface area contributed by atoms with E-state index in [1.54, 1.807) is 12.3 Å². The van der Waals surface area contributed by atoms with E-state index >= 15 is 0 Å². The van der Waals surface area contributed by atoms with Crippen LogP contribution in [0.5, 0.6) is 0 Å². The van der Waals surface area contributed by atoms with Crippen LogP contribution in [-0.4, -0.2) is 33.7 Å². The number of aromatic amines is 1. The summed E-state index contributed by atoms with van der Waals surface area (Å²) in [5.74, 6) is -0.615. The van der Waals surface area contributed by atoms with Gasteiger partial charge in [-0.05, 0) is 32.8 Å². The zero-order valence-corrected chi connectivity index (χ0v) is 13.4. The summed E-state index contributed by atoms with van der Waals surface area (Å²) in [6, 6.07) is 1.09. The van der Waals surface area contributed by atoms with Gasteiger partial charge in [0.2, 0.25) is 5.91 Å². The van der Waals surface area contributed by atoms with Gasteiger partial charge in [-0.25, -0.2) is 4.79 Å². The predicted octanol–water partition coefficient (Wildman–Crippen LogP) is 1.82. The maximum Gasteiger partial charge on any atom is 0.329 e. The van der Waals surface area contributed by atoms with Crippen molar-refractivity contribution in [2.45, 2.75) is 59.1 Å². The minimum Gasteiger partial charge on any atom is -0.458 e. The second-order valence-electron chi connectivity index (χ2n) is 6.22. The Balaban J connectivity index is 2.69. The van der Waals surface area contributed by atoms with Crippen molar-refractivity contribution in [3.8, 4) is 0 Å². The molecule has 1 aromatic rings. The molecule has 0 aliphatic carbocycles. The number of carbonyl (C=O) groups excluding carboxylic acids is 2. The van der Waals surface area contributed by atoms with Crippen LogP contribution in [0.25, 0.3) is 0 Å². The summed E-state index contributed by atoms with van der Waals surface area (Å²) in [5, 5.41) is 9.28. The number of amides is 1. The first kappa shape index (κ1) is 17.2. The second kappa shape index (κ2) is 7.24. The monoisotopic (exact) mass is 295 g/mol. The molecule has 1 heterocycles. The van der Waals surface area contributed by atoms with E-state index in [2.05, 4.69) is 15.5 Å². The molecule has 1 aromatic heterocycles. The van der Waals surface area contributed by atoms with Gasteiger partial charge in [0.1, 0.15) is 11.6 Å². The average Bonchev–Trinajstić information content (AvgIpc) is 2.85. The molecule has 0 unspecified atom stereocenters. The quantitative estimate of drug-likeness (QED) is 0.784. The van der Waals surface area contributed by atoms with E-state index in [0.717, 1.165) is 6.42 Å². The highest BCUT2D eigenvalue weighted by atomic mass is 16.6. The highest BCUT2D eigenvalue weighted by molar-refractivity contribution is 5.85. The maximum atomic E-state index is 12.2. The van der Waals surface area contributed by atoms with Crippen LogP contribution in [0.2, 0.25) is 0 Å². The molecule has 0 aliphatic rings. The van der Waals surface area contributed by atoms with E-state index in [0.29, 0.717) is 5.69 Å². The summed E-state index contributed by atoms with van der Waals surface area (Å²) in [7, 11) is 0. The van der Waals surface area contributed by atoms with Gasteiger partial charge < -0.3 is 10.1 Å². The van der Waals surface area contributed by atoms with Crippen LogP contribution in [0.4, 0.5) is 0 Å². The minimum absolute atomic E-state index is 0.00515. The smallest absolute Gasteiger partial charge is 0.329 e. The first-order valence-corrected chi connectivity index (χ1v) is 7.23. The van der Waals surface area contributed by atoms with Gasteiger partial charge in [-0.3, -0.25) is 9.89 Å². The molecule has 0 saturated heterocycles. The van der Waals surface area contributed by atoms with Crippen molar-refractivity contribution in [3.05, 3.63) is 18.0 Å². The highest BCUT2D eigenvalue weighted by Gasteiger charge is 2.30. The van der Waals surface area contributed by atoms with Crippen LogP contribution in [-0.2, 0) is 20.7 Å². The van der Waals surface area contributed by atoms with Crippen molar-refractivity contribution in [1.29, 1.82) is 0 Å². The van der Waals surface area contributed by atoms with Crippen molar-refractivity contribution >= 4 is 11.9 Å². The second-order valence-corrected chi connectivity index (χ2v) is 6.22. The van der Waals surface area contributed by atoms with Gasteiger partial charge in [-0.2, -0.15) is 5.10 Å². The Morgan fingerprint density at radius 2 is 2.10 bits per heavy atom. The Morgan fingerprint density at radius 3 is 2.57 bits per heavy atom. The fourth-order valence-electron chi connectivity index (χ4n) is 1.82. The van der Waals surface area contributed by atoms with Crippen molar-refractivity contribution in [2.75, 3.05) is 0 Å². The number of H-pyrrole nitrogens is 1. The van der Waals surface area contributed by atoms with Crippen LogP contribution in [0.1, 0.15) is 46.7 Å². The largest absolute Gasteiger partial charge is 0.458 e. The zero-order chi connectivity index (χ0) is 16.0. The molecule has 1 rings (SSSR count). The number of hydrogen-bond donors (Lipinski definition) is 2. The Hall–Kier alpha value is -1.85. The number of hydrogen-bond acceptors (Lipinski definition) is 4. The van der Waals surface area contributed by atoms with E-state index in [1.165, 1.54) is 0 Å². The van der Waals surface area contributed by atoms with E-state index in [-0.39, 0.29) is 18.2 Å². The lowest BCUT2D eigenvalue weighted by Gasteiger charge is -2.27. The fourth-order valence-corrected chi connectivity index (χ4v) is 1.82. The van der Waals surface area contributed by atoms with E-state index in [9.17, 15) is 9.59 Å². The molecule has 0 bridgehead atoms. The van der Waals surface area contributed by atoms with Crippen LogP contribution in [0, 0.1) is 5.92 Å². The molecular weight excluding hydrogens is 270 g/mol. The molecule has 0 aliphatic heterocycles. The molecule has 0 saturated carbocycles. The first-order valence-electron chi connectivity index (χ1n) is 7.23. The number of aromatic nitrogens is 2. The third-order valence-corrected chi connectivity index (χ3v) is 3.10. The Kier molecular flexibility index (Phi) is 5.93. The summed E-state index contributed by atoms with van der Waals surface area (Å²) in [5.41, 5.74) is 0.135. The molecule has 2 N–H and O–H groups in total. The van der Waals surface area contributed by atoms with E-state index in [1.807, 2.05) is 34.6 Å². The van der Waals surface area contributed by atoms with Crippen LogP contribution < -0.4 is 5.32 Å². The van der Waals surface area contributed by atoms with E-state index < -0.39 is 17.6 Å². The Labute approximate surface area is 125 Å². The number of esters is 1. The van der Waals surface area contributed by atoms with Gasteiger partial charge >= 0.3 is 5.97 Å².